The Hall–Kier alpha value is -3.07. The number of benzene rings is 1. The molecule has 39 heavy (non-hydrogen) atoms. The summed E-state index contributed by atoms with van der Waals surface area (Å²) in [5.74, 6) is -1.43. The maximum atomic E-state index is 12.8. The molecule has 0 saturated heterocycles. The lowest BCUT2D eigenvalue weighted by Gasteiger charge is -2.21. The molecule has 1 fully saturated rings. The Balaban J connectivity index is 1.61. The number of ether oxygens (including phenoxy) is 1. The summed E-state index contributed by atoms with van der Waals surface area (Å²) in [5.41, 5.74) is 7.40. The number of aliphatic hydroxyl groups is 2. The number of rotatable bonds is 9. The summed E-state index contributed by atoms with van der Waals surface area (Å²) in [4.78, 5) is 25.3. The first-order chi connectivity index (χ1) is 18.3. The summed E-state index contributed by atoms with van der Waals surface area (Å²) in [6.45, 7) is 3.72. The molecular formula is C25H31F3N6O4S. The number of carbonyl (C=O) groups is 1. The van der Waals surface area contributed by atoms with Gasteiger partial charge in [-0.15, -0.1) is 11.3 Å². The van der Waals surface area contributed by atoms with E-state index in [9.17, 15) is 28.2 Å². The van der Waals surface area contributed by atoms with Crippen molar-refractivity contribution in [1.82, 2.24) is 15.0 Å². The second-order valence-corrected chi connectivity index (χ2v) is 11.0. The molecule has 0 unspecified atom stereocenters. The number of nitrogens with one attached hydrogen (secondary N) is 2. The summed E-state index contributed by atoms with van der Waals surface area (Å²) in [5, 5.41) is 27.2. The Labute approximate surface area is 226 Å². The predicted octanol–water partition coefficient (Wildman–Crippen LogP) is 3.08. The Morgan fingerprint density at radius 2 is 1.92 bits per heavy atom. The molecule has 212 valence electrons. The molecule has 2 aromatic heterocycles. The lowest BCUT2D eigenvalue weighted by atomic mass is 10.1. The number of alkyl halides is 3. The van der Waals surface area contributed by atoms with E-state index in [4.69, 9.17) is 10.5 Å². The van der Waals surface area contributed by atoms with Gasteiger partial charge < -0.3 is 31.3 Å². The molecule has 0 bridgehead atoms. The Morgan fingerprint density at radius 3 is 2.59 bits per heavy atom. The second kappa shape index (κ2) is 11.6. The molecule has 5 atom stereocenters. The van der Waals surface area contributed by atoms with Gasteiger partial charge in [-0.3, -0.25) is 4.79 Å². The van der Waals surface area contributed by atoms with Crippen LogP contribution in [-0.4, -0.2) is 74.8 Å². The Bertz CT molecular complexity index is 1290. The molecule has 1 aliphatic rings. The minimum Gasteiger partial charge on any atom is -0.464 e. The van der Waals surface area contributed by atoms with Gasteiger partial charge in [0.15, 0.2) is 0 Å². The van der Waals surface area contributed by atoms with E-state index in [1.807, 2.05) is 24.3 Å². The van der Waals surface area contributed by atoms with Crippen LogP contribution in [0.5, 0.6) is 0 Å². The van der Waals surface area contributed by atoms with Crippen molar-refractivity contribution >= 4 is 39.3 Å². The summed E-state index contributed by atoms with van der Waals surface area (Å²) in [6, 6.07) is 5.88. The van der Waals surface area contributed by atoms with Gasteiger partial charge in [-0.1, -0.05) is 26.0 Å². The van der Waals surface area contributed by atoms with E-state index in [0.717, 1.165) is 10.2 Å². The molecular weight excluding hydrogens is 537 g/mol. The Morgan fingerprint density at radius 1 is 1.21 bits per heavy atom. The summed E-state index contributed by atoms with van der Waals surface area (Å²) >= 11 is 1.37. The summed E-state index contributed by atoms with van der Waals surface area (Å²) in [7, 11) is 0. The molecule has 0 radical (unpaired) electrons. The number of anilines is 2. The monoisotopic (exact) mass is 568 g/mol. The molecule has 0 spiro atoms. The zero-order valence-electron chi connectivity index (χ0n) is 21.6. The molecule has 4 rings (SSSR count). The number of aliphatic hydroxyl groups excluding tert-OH is 2. The molecule has 3 aromatic rings. The highest BCUT2D eigenvalue weighted by Gasteiger charge is 2.43. The van der Waals surface area contributed by atoms with Crippen molar-refractivity contribution in [2.24, 2.45) is 17.6 Å². The number of thiazole rings is 1. The highest BCUT2D eigenvalue weighted by Crippen LogP contribution is 2.38. The van der Waals surface area contributed by atoms with Gasteiger partial charge in [0.1, 0.15) is 29.5 Å². The summed E-state index contributed by atoms with van der Waals surface area (Å²) < 4.78 is 44.7. The van der Waals surface area contributed by atoms with E-state index in [2.05, 4.69) is 25.6 Å². The van der Waals surface area contributed by atoms with Gasteiger partial charge in [0, 0.05) is 5.92 Å². The number of halogens is 3. The van der Waals surface area contributed by atoms with Crippen LogP contribution in [-0.2, 0) is 9.53 Å². The minimum atomic E-state index is -4.48. The van der Waals surface area contributed by atoms with Crippen LogP contribution < -0.4 is 16.4 Å². The fourth-order valence-corrected chi connectivity index (χ4v) is 5.40. The molecule has 0 amide bonds. The van der Waals surface area contributed by atoms with E-state index in [0.29, 0.717) is 16.3 Å². The van der Waals surface area contributed by atoms with Crippen molar-refractivity contribution in [3.8, 4) is 10.6 Å². The first-order valence-corrected chi connectivity index (χ1v) is 13.3. The molecule has 6 N–H and O–H groups in total. The third-order valence-corrected chi connectivity index (χ3v) is 7.65. The van der Waals surface area contributed by atoms with Gasteiger partial charge in [0.2, 0.25) is 5.95 Å². The number of esters is 1. The number of aryl methyl sites for hydroxylation is 1. The number of aromatic nitrogens is 3. The quantitative estimate of drug-likeness (QED) is 0.243. The zero-order chi connectivity index (χ0) is 28.5. The van der Waals surface area contributed by atoms with Gasteiger partial charge in [-0.2, -0.15) is 18.2 Å². The fraction of sp³-hybridized carbons (Fsp3) is 0.520. The number of fused-ring (bicyclic) bond motifs is 1. The number of carbonyl (C=O) groups excluding carboxylic acids is 1. The lowest BCUT2D eigenvalue weighted by Crippen LogP contribution is -2.39. The maximum Gasteiger partial charge on any atom is 0.405 e. The van der Waals surface area contributed by atoms with Crippen molar-refractivity contribution in [3.63, 3.8) is 0 Å². The number of hydrogen-bond donors (Lipinski definition) is 5. The SMILES string of the molecule is Cc1nc(NCC(F)(F)F)nc(N[C@@H]2C[C@H](COC(=O)[C@@H](N)C(C)C)[C@@H](O)[C@H]2O)c1-c1nc2ccccc2s1. The zero-order valence-corrected chi connectivity index (χ0v) is 22.4. The van der Waals surface area contributed by atoms with Crippen molar-refractivity contribution in [2.45, 2.75) is 57.7 Å². The highest BCUT2D eigenvalue weighted by atomic mass is 32.1. The van der Waals surface area contributed by atoms with Crippen LogP contribution in [0.25, 0.3) is 20.8 Å². The summed E-state index contributed by atoms with van der Waals surface area (Å²) in [6.07, 6.45) is -6.77. The van der Waals surface area contributed by atoms with Crippen LogP contribution >= 0.6 is 11.3 Å². The normalized spacial score (nSPS) is 22.3. The van der Waals surface area contributed by atoms with Crippen LogP contribution in [0.1, 0.15) is 26.0 Å². The average molecular weight is 569 g/mol. The van der Waals surface area contributed by atoms with E-state index < -0.39 is 48.9 Å². The van der Waals surface area contributed by atoms with Crippen LogP contribution in [0.4, 0.5) is 24.9 Å². The van der Waals surface area contributed by atoms with Crippen LogP contribution in [0.15, 0.2) is 24.3 Å². The highest BCUT2D eigenvalue weighted by molar-refractivity contribution is 7.21. The molecule has 1 aliphatic carbocycles. The van der Waals surface area contributed by atoms with Gasteiger partial charge >= 0.3 is 12.1 Å². The van der Waals surface area contributed by atoms with E-state index in [1.54, 1.807) is 20.8 Å². The molecule has 0 aliphatic heterocycles. The first kappa shape index (κ1) is 28.9. The number of nitrogens with zero attached hydrogens (tertiary/aromatic N) is 3. The van der Waals surface area contributed by atoms with Crippen LogP contribution in [0, 0.1) is 18.8 Å². The second-order valence-electron chi connectivity index (χ2n) is 9.94. The molecule has 10 nitrogen and oxygen atoms in total. The molecule has 14 heteroatoms. The number of hydrogen-bond acceptors (Lipinski definition) is 11. The third kappa shape index (κ3) is 6.75. The largest absolute Gasteiger partial charge is 0.464 e. The van der Waals surface area contributed by atoms with Crippen molar-refractivity contribution in [1.29, 1.82) is 0 Å². The molecule has 2 heterocycles. The van der Waals surface area contributed by atoms with Crippen molar-refractivity contribution in [3.05, 3.63) is 30.0 Å². The maximum absolute atomic E-state index is 12.8. The third-order valence-electron chi connectivity index (χ3n) is 6.60. The van der Waals surface area contributed by atoms with Gasteiger partial charge in [-0.05, 0) is 31.4 Å². The molecule has 1 saturated carbocycles. The average Bonchev–Trinajstić information content (AvgIpc) is 3.41. The van der Waals surface area contributed by atoms with Crippen LogP contribution in [0.2, 0.25) is 0 Å². The van der Waals surface area contributed by atoms with E-state index in [-0.39, 0.29) is 30.7 Å². The van der Waals surface area contributed by atoms with Crippen molar-refractivity contribution in [2.75, 3.05) is 23.8 Å². The number of para-hydroxylation sites is 1. The van der Waals surface area contributed by atoms with Gasteiger partial charge in [0.05, 0.1) is 40.2 Å². The lowest BCUT2D eigenvalue weighted by molar-refractivity contribution is -0.149. The minimum absolute atomic E-state index is 0.131. The standard InChI is InChI=1S/C25H31F3N6O4S/c1-11(2)18(29)23(37)38-9-13-8-15(20(36)19(13)35)32-21-17(22-33-14-6-4-5-7-16(14)39-22)12(3)31-24(34-21)30-10-25(26,27)28/h4-7,11,13,15,18-20,35-36H,8-10,29H2,1-3H3,(H2,30,31,32,34)/t13-,15-,18+,19-,20+/m1/s1. The smallest absolute Gasteiger partial charge is 0.405 e. The molecule has 1 aromatic carbocycles. The fourth-order valence-electron chi connectivity index (χ4n) is 4.34. The van der Waals surface area contributed by atoms with E-state index >= 15 is 0 Å². The first-order valence-electron chi connectivity index (χ1n) is 12.4. The van der Waals surface area contributed by atoms with Gasteiger partial charge in [0.25, 0.3) is 0 Å². The van der Waals surface area contributed by atoms with Gasteiger partial charge in [-0.25, -0.2) is 9.97 Å². The van der Waals surface area contributed by atoms with Crippen LogP contribution in [0.3, 0.4) is 0 Å². The van der Waals surface area contributed by atoms with Crippen molar-refractivity contribution < 1.29 is 32.9 Å². The topological polar surface area (TPSA) is 156 Å². The number of nitrogens with two attached hydrogens (primary N) is 1. The van der Waals surface area contributed by atoms with E-state index in [1.165, 1.54) is 11.3 Å². The predicted molar refractivity (Wildman–Crippen MR) is 141 cm³/mol. The Kier molecular flexibility index (Phi) is 8.59.